The minimum Gasteiger partial charge on any atom is -0.469 e. The predicted octanol–water partition coefficient (Wildman–Crippen LogP) is 1.27. The van der Waals surface area contributed by atoms with Gasteiger partial charge in [-0.15, -0.1) is 0 Å². The number of aliphatic hydroxyl groups is 1. The number of thioether (sulfide) groups is 1. The van der Waals surface area contributed by atoms with Gasteiger partial charge in [0.2, 0.25) is 0 Å². The topological polar surface area (TPSA) is 59.4 Å². The molecule has 0 saturated heterocycles. The van der Waals surface area contributed by atoms with Crippen molar-refractivity contribution in [1.29, 1.82) is 0 Å². The third kappa shape index (κ3) is 3.21. The second-order valence-electron chi connectivity index (χ2n) is 3.31. The van der Waals surface area contributed by atoms with E-state index < -0.39 is 18.0 Å². The molecule has 0 fully saturated rings. The smallest absolute Gasteiger partial charge is 0.312 e. The molecule has 0 aliphatic carbocycles. The van der Waals surface area contributed by atoms with Crippen LogP contribution in [-0.2, 0) is 9.53 Å². The number of aromatic nitrogens is 1. The minimum atomic E-state index is -0.845. The fraction of sp³-hybridized carbons (Fsp3) is 0.455. The Balaban J connectivity index is 2.82. The van der Waals surface area contributed by atoms with Crippen LogP contribution in [0, 0.1) is 5.92 Å². The van der Waals surface area contributed by atoms with Gasteiger partial charge in [-0.25, -0.2) is 0 Å². The molecule has 0 aliphatic rings. The van der Waals surface area contributed by atoms with Crippen LogP contribution in [0.15, 0.2) is 24.5 Å². The van der Waals surface area contributed by atoms with Crippen molar-refractivity contribution in [3.8, 4) is 0 Å². The number of carbonyl (C=O) groups is 1. The molecule has 0 aliphatic heterocycles. The zero-order valence-electron chi connectivity index (χ0n) is 9.29. The van der Waals surface area contributed by atoms with Gasteiger partial charge in [0.25, 0.3) is 0 Å². The summed E-state index contributed by atoms with van der Waals surface area (Å²) < 4.78 is 4.68. The molecule has 0 spiro atoms. The van der Waals surface area contributed by atoms with E-state index >= 15 is 0 Å². The number of methoxy groups -OCH3 is 1. The standard InChI is InChI=1S/C11H15NO3S/c1-15-11(14)9(7-16-2)10(13)8-3-5-12-6-4-8/h3-6,9-10,13H,7H2,1-2H3. The van der Waals surface area contributed by atoms with E-state index in [1.165, 1.54) is 18.9 Å². The lowest BCUT2D eigenvalue weighted by molar-refractivity contribution is -0.148. The third-order valence-electron chi connectivity index (χ3n) is 2.28. The minimum absolute atomic E-state index is 0.390. The largest absolute Gasteiger partial charge is 0.469 e. The van der Waals surface area contributed by atoms with Crippen LogP contribution in [0.5, 0.6) is 0 Å². The fourth-order valence-electron chi connectivity index (χ4n) is 1.41. The van der Waals surface area contributed by atoms with Gasteiger partial charge in [0.05, 0.1) is 19.1 Å². The second kappa shape index (κ2) is 6.50. The van der Waals surface area contributed by atoms with Crippen molar-refractivity contribution in [2.45, 2.75) is 6.10 Å². The second-order valence-corrected chi connectivity index (χ2v) is 4.22. The van der Waals surface area contributed by atoms with Crippen LogP contribution in [0.2, 0.25) is 0 Å². The molecule has 1 rings (SSSR count). The maximum atomic E-state index is 11.5. The first-order valence-electron chi connectivity index (χ1n) is 4.85. The quantitative estimate of drug-likeness (QED) is 0.787. The highest BCUT2D eigenvalue weighted by molar-refractivity contribution is 7.98. The Kier molecular flexibility index (Phi) is 5.28. The van der Waals surface area contributed by atoms with Gasteiger partial charge in [0.15, 0.2) is 0 Å². The van der Waals surface area contributed by atoms with Crippen LogP contribution < -0.4 is 0 Å². The van der Waals surface area contributed by atoms with E-state index in [9.17, 15) is 9.90 Å². The highest BCUT2D eigenvalue weighted by Gasteiger charge is 2.28. The van der Waals surface area contributed by atoms with E-state index in [0.29, 0.717) is 11.3 Å². The van der Waals surface area contributed by atoms with Crippen molar-refractivity contribution in [3.05, 3.63) is 30.1 Å². The summed E-state index contributed by atoms with van der Waals surface area (Å²) in [6.07, 6.45) is 4.22. The molecule has 1 aromatic rings. The van der Waals surface area contributed by atoms with Gasteiger partial charge in [0, 0.05) is 18.1 Å². The number of carbonyl (C=O) groups excluding carboxylic acids is 1. The Bertz CT molecular complexity index is 331. The van der Waals surface area contributed by atoms with Crippen LogP contribution in [0.25, 0.3) is 0 Å². The Hall–Kier alpha value is -1.07. The van der Waals surface area contributed by atoms with Crippen LogP contribution in [-0.4, -0.2) is 35.2 Å². The van der Waals surface area contributed by atoms with Crippen LogP contribution >= 0.6 is 11.8 Å². The molecular weight excluding hydrogens is 226 g/mol. The van der Waals surface area contributed by atoms with Crippen LogP contribution in [0.3, 0.4) is 0 Å². The molecule has 0 saturated carbocycles. The third-order valence-corrected chi connectivity index (χ3v) is 2.97. The summed E-state index contributed by atoms with van der Waals surface area (Å²) in [6.45, 7) is 0. The summed E-state index contributed by atoms with van der Waals surface area (Å²) in [6, 6.07) is 3.39. The number of hydrogen-bond donors (Lipinski definition) is 1. The van der Waals surface area contributed by atoms with Crippen molar-refractivity contribution in [1.82, 2.24) is 4.98 Å². The molecule has 0 aromatic carbocycles. The Labute approximate surface area is 99.0 Å². The van der Waals surface area contributed by atoms with E-state index in [4.69, 9.17) is 0 Å². The molecule has 1 N–H and O–H groups in total. The molecule has 0 bridgehead atoms. The number of pyridine rings is 1. The number of nitrogens with zero attached hydrogens (tertiary/aromatic N) is 1. The van der Waals surface area contributed by atoms with Gasteiger partial charge in [0.1, 0.15) is 0 Å². The maximum absolute atomic E-state index is 11.5. The molecule has 1 heterocycles. The van der Waals surface area contributed by atoms with E-state index in [-0.39, 0.29) is 0 Å². The molecule has 2 atom stereocenters. The zero-order chi connectivity index (χ0) is 12.0. The Morgan fingerprint density at radius 3 is 2.69 bits per heavy atom. The van der Waals surface area contributed by atoms with Crippen LogP contribution in [0.4, 0.5) is 0 Å². The first-order valence-corrected chi connectivity index (χ1v) is 6.24. The van der Waals surface area contributed by atoms with Gasteiger partial charge < -0.3 is 9.84 Å². The number of aliphatic hydroxyl groups excluding tert-OH is 1. The molecule has 0 amide bonds. The Morgan fingerprint density at radius 2 is 2.19 bits per heavy atom. The molecule has 88 valence electrons. The van der Waals surface area contributed by atoms with E-state index in [2.05, 4.69) is 9.72 Å². The van der Waals surface area contributed by atoms with Gasteiger partial charge >= 0.3 is 5.97 Å². The first-order chi connectivity index (χ1) is 7.70. The van der Waals surface area contributed by atoms with Crippen molar-refractivity contribution < 1.29 is 14.6 Å². The first kappa shape index (κ1) is 13.0. The number of esters is 1. The summed E-state index contributed by atoms with van der Waals surface area (Å²) in [4.78, 5) is 15.4. The number of ether oxygens (including phenoxy) is 1. The van der Waals surface area contributed by atoms with Gasteiger partial charge in [-0.05, 0) is 24.0 Å². The van der Waals surface area contributed by atoms with Crippen molar-refractivity contribution in [2.24, 2.45) is 5.92 Å². The summed E-state index contributed by atoms with van der Waals surface area (Å²) in [5, 5.41) is 10.1. The lowest BCUT2D eigenvalue weighted by atomic mass is 9.98. The molecule has 1 aromatic heterocycles. The van der Waals surface area contributed by atoms with E-state index in [1.54, 1.807) is 24.5 Å². The molecule has 5 heteroatoms. The summed E-state index contributed by atoms with van der Waals surface area (Å²) >= 11 is 1.50. The Morgan fingerprint density at radius 1 is 1.56 bits per heavy atom. The monoisotopic (exact) mass is 241 g/mol. The van der Waals surface area contributed by atoms with Crippen LogP contribution in [0.1, 0.15) is 11.7 Å². The summed E-state index contributed by atoms with van der Waals surface area (Å²) in [5.74, 6) is -0.406. The number of hydrogen-bond acceptors (Lipinski definition) is 5. The van der Waals surface area contributed by atoms with E-state index in [1.807, 2.05) is 6.26 Å². The van der Waals surface area contributed by atoms with Gasteiger partial charge in [-0.2, -0.15) is 11.8 Å². The molecule has 16 heavy (non-hydrogen) atoms. The average molecular weight is 241 g/mol. The molecule has 0 radical (unpaired) electrons. The summed E-state index contributed by atoms with van der Waals surface area (Å²) in [7, 11) is 1.33. The average Bonchev–Trinajstić information content (AvgIpc) is 2.35. The predicted molar refractivity (Wildman–Crippen MR) is 63.1 cm³/mol. The van der Waals surface area contributed by atoms with Gasteiger partial charge in [-0.3, -0.25) is 9.78 Å². The van der Waals surface area contributed by atoms with Crippen molar-refractivity contribution >= 4 is 17.7 Å². The molecule has 4 nitrogen and oxygen atoms in total. The molecular formula is C11H15NO3S. The number of rotatable bonds is 5. The zero-order valence-corrected chi connectivity index (χ0v) is 10.1. The normalized spacial score (nSPS) is 14.2. The highest BCUT2D eigenvalue weighted by Crippen LogP contribution is 2.25. The van der Waals surface area contributed by atoms with Crippen molar-refractivity contribution in [3.63, 3.8) is 0 Å². The fourth-order valence-corrected chi connectivity index (χ4v) is 2.09. The van der Waals surface area contributed by atoms with E-state index in [0.717, 1.165) is 0 Å². The lowest BCUT2D eigenvalue weighted by Gasteiger charge is -2.19. The van der Waals surface area contributed by atoms with Crippen molar-refractivity contribution in [2.75, 3.05) is 19.1 Å². The summed E-state index contributed by atoms with van der Waals surface area (Å²) in [5.41, 5.74) is 0.680. The molecule has 2 unspecified atom stereocenters. The lowest BCUT2D eigenvalue weighted by Crippen LogP contribution is -2.25. The van der Waals surface area contributed by atoms with Gasteiger partial charge in [-0.1, -0.05) is 0 Å². The maximum Gasteiger partial charge on any atom is 0.312 e. The SMILES string of the molecule is COC(=O)C(CSC)C(O)c1ccncc1. The highest BCUT2D eigenvalue weighted by atomic mass is 32.2.